The lowest BCUT2D eigenvalue weighted by Gasteiger charge is -2.04. The van der Waals surface area contributed by atoms with Crippen molar-refractivity contribution in [2.75, 3.05) is 25.6 Å². The standard InChI is InChI=1S/C10H19N3O/c1-7(2)9-8(3)10(13-12-9)11-5-6-14-4/h7H,5-6H2,1-4H3,(H2,11,12,13). The maximum atomic E-state index is 4.96. The number of aromatic amines is 1. The molecule has 0 radical (unpaired) electrons. The summed E-state index contributed by atoms with van der Waals surface area (Å²) in [6.07, 6.45) is 0. The molecule has 0 spiro atoms. The van der Waals surface area contributed by atoms with Crippen LogP contribution in [-0.4, -0.2) is 30.5 Å². The Bertz CT molecular complexity index is 281. The van der Waals surface area contributed by atoms with Crippen LogP contribution in [0.15, 0.2) is 0 Å². The van der Waals surface area contributed by atoms with E-state index in [0.29, 0.717) is 12.5 Å². The number of methoxy groups -OCH3 is 1. The van der Waals surface area contributed by atoms with Crippen molar-refractivity contribution >= 4 is 5.82 Å². The maximum Gasteiger partial charge on any atom is 0.151 e. The first kappa shape index (κ1) is 11.0. The zero-order chi connectivity index (χ0) is 10.6. The molecule has 0 aromatic carbocycles. The Morgan fingerprint density at radius 1 is 1.50 bits per heavy atom. The quantitative estimate of drug-likeness (QED) is 0.709. The van der Waals surface area contributed by atoms with E-state index in [4.69, 9.17) is 4.74 Å². The second-order valence-electron chi connectivity index (χ2n) is 3.69. The van der Waals surface area contributed by atoms with Gasteiger partial charge in [0, 0.05) is 24.9 Å². The van der Waals surface area contributed by atoms with Crippen molar-refractivity contribution in [1.82, 2.24) is 10.2 Å². The average molecular weight is 197 g/mol. The second-order valence-corrected chi connectivity index (χ2v) is 3.69. The molecule has 4 heteroatoms. The molecule has 14 heavy (non-hydrogen) atoms. The zero-order valence-electron chi connectivity index (χ0n) is 9.35. The van der Waals surface area contributed by atoms with E-state index in [1.807, 2.05) is 0 Å². The van der Waals surface area contributed by atoms with Gasteiger partial charge in [-0.2, -0.15) is 5.10 Å². The van der Waals surface area contributed by atoms with E-state index in [1.165, 1.54) is 11.3 Å². The highest BCUT2D eigenvalue weighted by atomic mass is 16.5. The minimum absolute atomic E-state index is 0.487. The zero-order valence-corrected chi connectivity index (χ0v) is 9.35. The van der Waals surface area contributed by atoms with Crippen LogP contribution >= 0.6 is 0 Å². The van der Waals surface area contributed by atoms with Crippen molar-refractivity contribution in [1.29, 1.82) is 0 Å². The molecule has 0 aliphatic carbocycles. The van der Waals surface area contributed by atoms with Gasteiger partial charge in [0.15, 0.2) is 5.82 Å². The first-order valence-corrected chi connectivity index (χ1v) is 4.94. The van der Waals surface area contributed by atoms with Crippen LogP contribution in [0.3, 0.4) is 0 Å². The van der Waals surface area contributed by atoms with Crippen molar-refractivity contribution in [3.63, 3.8) is 0 Å². The van der Waals surface area contributed by atoms with Crippen LogP contribution in [0, 0.1) is 6.92 Å². The summed E-state index contributed by atoms with van der Waals surface area (Å²) in [4.78, 5) is 0. The van der Waals surface area contributed by atoms with Crippen LogP contribution in [0.1, 0.15) is 31.0 Å². The third-order valence-corrected chi connectivity index (χ3v) is 2.22. The summed E-state index contributed by atoms with van der Waals surface area (Å²) in [6, 6.07) is 0. The summed E-state index contributed by atoms with van der Waals surface area (Å²) in [5.74, 6) is 1.42. The van der Waals surface area contributed by atoms with Crippen molar-refractivity contribution in [3.8, 4) is 0 Å². The molecule has 0 saturated carbocycles. The van der Waals surface area contributed by atoms with Gasteiger partial charge in [-0.3, -0.25) is 5.10 Å². The molecule has 4 nitrogen and oxygen atoms in total. The number of ether oxygens (including phenoxy) is 1. The van der Waals surface area contributed by atoms with Gasteiger partial charge in [0.05, 0.1) is 6.61 Å². The van der Waals surface area contributed by atoms with E-state index >= 15 is 0 Å². The van der Waals surface area contributed by atoms with Gasteiger partial charge in [-0.05, 0) is 12.8 Å². The molecule has 0 aliphatic rings. The van der Waals surface area contributed by atoms with Gasteiger partial charge in [-0.1, -0.05) is 13.8 Å². The molecule has 0 fully saturated rings. The van der Waals surface area contributed by atoms with Crippen LogP contribution in [0.4, 0.5) is 5.82 Å². The molecule has 0 amide bonds. The molecule has 0 unspecified atom stereocenters. The van der Waals surface area contributed by atoms with Crippen LogP contribution in [-0.2, 0) is 4.74 Å². The fraction of sp³-hybridized carbons (Fsp3) is 0.700. The van der Waals surface area contributed by atoms with Crippen LogP contribution in [0.2, 0.25) is 0 Å². The van der Waals surface area contributed by atoms with Crippen LogP contribution < -0.4 is 5.32 Å². The van der Waals surface area contributed by atoms with E-state index in [-0.39, 0.29) is 0 Å². The Kier molecular flexibility index (Phi) is 3.95. The molecule has 0 bridgehead atoms. The average Bonchev–Trinajstić information content (AvgIpc) is 2.48. The highest BCUT2D eigenvalue weighted by Crippen LogP contribution is 2.21. The van der Waals surface area contributed by atoms with Gasteiger partial charge < -0.3 is 10.1 Å². The van der Waals surface area contributed by atoms with Gasteiger partial charge in [0.25, 0.3) is 0 Å². The monoisotopic (exact) mass is 197 g/mol. The normalized spacial score (nSPS) is 10.9. The third kappa shape index (κ3) is 2.48. The van der Waals surface area contributed by atoms with Gasteiger partial charge in [-0.15, -0.1) is 0 Å². The molecule has 1 rings (SSSR count). The van der Waals surface area contributed by atoms with E-state index < -0.39 is 0 Å². The molecular formula is C10H19N3O. The minimum atomic E-state index is 0.487. The summed E-state index contributed by atoms with van der Waals surface area (Å²) < 4.78 is 4.96. The third-order valence-electron chi connectivity index (χ3n) is 2.22. The smallest absolute Gasteiger partial charge is 0.151 e. The Balaban J connectivity index is 2.60. The summed E-state index contributed by atoms with van der Waals surface area (Å²) in [5, 5.41) is 10.5. The number of anilines is 1. The SMILES string of the molecule is COCCNc1n[nH]c(C(C)C)c1C. The molecule has 80 valence electrons. The summed E-state index contributed by atoms with van der Waals surface area (Å²) in [5.41, 5.74) is 2.40. The van der Waals surface area contributed by atoms with Gasteiger partial charge in [0.1, 0.15) is 0 Å². The summed E-state index contributed by atoms with van der Waals surface area (Å²) in [6.45, 7) is 7.87. The predicted molar refractivity (Wildman–Crippen MR) is 57.8 cm³/mol. The first-order valence-electron chi connectivity index (χ1n) is 4.94. The molecule has 0 atom stereocenters. The lowest BCUT2D eigenvalue weighted by molar-refractivity contribution is 0.210. The Morgan fingerprint density at radius 2 is 2.21 bits per heavy atom. The molecule has 1 heterocycles. The van der Waals surface area contributed by atoms with Gasteiger partial charge in [-0.25, -0.2) is 0 Å². The topological polar surface area (TPSA) is 49.9 Å². The molecule has 1 aromatic rings. The molecule has 0 aliphatic heterocycles. The Morgan fingerprint density at radius 3 is 2.71 bits per heavy atom. The molecule has 1 aromatic heterocycles. The molecule has 0 saturated heterocycles. The fourth-order valence-electron chi connectivity index (χ4n) is 1.42. The van der Waals surface area contributed by atoms with Crippen molar-refractivity contribution in [2.24, 2.45) is 0 Å². The van der Waals surface area contributed by atoms with Crippen LogP contribution in [0.5, 0.6) is 0 Å². The Labute approximate surface area is 85.0 Å². The second kappa shape index (κ2) is 5.00. The molecular weight excluding hydrogens is 178 g/mol. The lowest BCUT2D eigenvalue weighted by atomic mass is 10.1. The number of rotatable bonds is 5. The fourth-order valence-corrected chi connectivity index (χ4v) is 1.42. The largest absolute Gasteiger partial charge is 0.383 e. The lowest BCUT2D eigenvalue weighted by Crippen LogP contribution is -2.08. The van der Waals surface area contributed by atoms with Crippen molar-refractivity contribution in [3.05, 3.63) is 11.3 Å². The molecule has 2 N–H and O–H groups in total. The maximum absolute atomic E-state index is 4.96. The number of hydrogen-bond donors (Lipinski definition) is 2. The number of nitrogens with one attached hydrogen (secondary N) is 2. The predicted octanol–water partition coefficient (Wildman–Crippen LogP) is 1.90. The van der Waals surface area contributed by atoms with Gasteiger partial charge in [0.2, 0.25) is 0 Å². The highest BCUT2D eigenvalue weighted by Gasteiger charge is 2.10. The van der Waals surface area contributed by atoms with Crippen molar-refractivity contribution < 1.29 is 4.74 Å². The van der Waals surface area contributed by atoms with E-state index in [0.717, 1.165) is 12.4 Å². The number of hydrogen-bond acceptors (Lipinski definition) is 3. The first-order chi connectivity index (χ1) is 6.66. The van der Waals surface area contributed by atoms with Crippen LogP contribution in [0.25, 0.3) is 0 Å². The van der Waals surface area contributed by atoms with E-state index in [1.54, 1.807) is 7.11 Å². The van der Waals surface area contributed by atoms with E-state index in [9.17, 15) is 0 Å². The number of aromatic nitrogens is 2. The number of nitrogens with zero attached hydrogens (tertiary/aromatic N) is 1. The van der Waals surface area contributed by atoms with Gasteiger partial charge >= 0.3 is 0 Å². The number of H-pyrrole nitrogens is 1. The minimum Gasteiger partial charge on any atom is -0.383 e. The Hall–Kier alpha value is -1.03. The summed E-state index contributed by atoms with van der Waals surface area (Å²) in [7, 11) is 1.69. The summed E-state index contributed by atoms with van der Waals surface area (Å²) >= 11 is 0. The highest BCUT2D eigenvalue weighted by molar-refractivity contribution is 5.46. The van der Waals surface area contributed by atoms with E-state index in [2.05, 4.69) is 36.3 Å². The van der Waals surface area contributed by atoms with Crippen molar-refractivity contribution in [2.45, 2.75) is 26.7 Å².